The number of ether oxygens (including phenoxy) is 2. The van der Waals surface area contributed by atoms with Crippen LogP contribution in [-0.4, -0.2) is 42.5 Å². The minimum Gasteiger partial charge on any atom is -0.480 e. The molecule has 1 atom stereocenters. The van der Waals surface area contributed by atoms with Gasteiger partial charge in [-0.15, -0.1) is 0 Å². The number of carbonyl (C=O) groups excluding carboxylic acids is 1. The van der Waals surface area contributed by atoms with Gasteiger partial charge in [0.15, 0.2) is 0 Å². The van der Waals surface area contributed by atoms with Crippen molar-refractivity contribution in [1.82, 2.24) is 5.32 Å². The maximum Gasteiger partial charge on any atom is 0.407 e. The summed E-state index contributed by atoms with van der Waals surface area (Å²) in [5.41, 5.74) is 4.53. The Morgan fingerprint density at radius 2 is 1.60 bits per heavy atom. The van der Waals surface area contributed by atoms with Crippen molar-refractivity contribution < 1.29 is 24.2 Å². The predicted molar refractivity (Wildman–Crippen MR) is 112 cm³/mol. The van der Waals surface area contributed by atoms with Crippen LogP contribution in [0.4, 0.5) is 4.79 Å². The third kappa shape index (κ3) is 4.49. The molecule has 1 amide bonds. The number of carboxylic acids is 1. The highest BCUT2D eigenvalue weighted by Crippen LogP contribution is 2.44. The summed E-state index contributed by atoms with van der Waals surface area (Å²) in [7, 11) is 0. The molecule has 158 valence electrons. The Kier molecular flexibility index (Phi) is 6.33. The lowest BCUT2D eigenvalue weighted by molar-refractivity contribution is -0.140. The molecule has 30 heavy (non-hydrogen) atoms. The molecule has 2 N–H and O–H groups in total. The van der Waals surface area contributed by atoms with Gasteiger partial charge in [-0.1, -0.05) is 61.4 Å². The Morgan fingerprint density at radius 1 is 1.00 bits per heavy atom. The molecule has 2 aromatic carbocycles. The Bertz CT molecular complexity index is 860. The highest BCUT2D eigenvalue weighted by molar-refractivity contribution is 5.81. The van der Waals surface area contributed by atoms with E-state index in [9.17, 15) is 14.7 Å². The molecule has 0 radical (unpaired) electrons. The number of rotatable bonds is 8. The zero-order chi connectivity index (χ0) is 20.9. The Hall–Kier alpha value is -2.86. The van der Waals surface area contributed by atoms with Crippen LogP contribution in [0.25, 0.3) is 11.1 Å². The molecule has 2 aromatic rings. The van der Waals surface area contributed by atoms with Gasteiger partial charge in [0.2, 0.25) is 0 Å². The van der Waals surface area contributed by atoms with E-state index >= 15 is 0 Å². The maximum absolute atomic E-state index is 12.3. The van der Waals surface area contributed by atoms with Gasteiger partial charge in [0, 0.05) is 18.9 Å². The Labute approximate surface area is 176 Å². The Morgan fingerprint density at radius 3 is 2.20 bits per heavy atom. The SMILES string of the molecule is O=C(NC(CCOC1CCCC1)C(=O)O)OCC1c2ccccc2-c2ccccc21. The summed E-state index contributed by atoms with van der Waals surface area (Å²) >= 11 is 0. The van der Waals surface area contributed by atoms with Gasteiger partial charge in [0.25, 0.3) is 0 Å². The van der Waals surface area contributed by atoms with Gasteiger partial charge < -0.3 is 19.9 Å². The Balaban J connectivity index is 1.33. The molecule has 0 bridgehead atoms. The molecule has 0 saturated heterocycles. The van der Waals surface area contributed by atoms with Crippen molar-refractivity contribution in [2.75, 3.05) is 13.2 Å². The minimum absolute atomic E-state index is 0.0582. The van der Waals surface area contributed by atoms with Crippen LogP contribution in [0.2, 0.25) is 0 Å². The molecule has 2 aliphatic rings. The smallest absolute Gasteiger partial charge is 0.407 e. The first-order valence-corrected chi connectivity index (χ1v) is 10.6. The van der Waals surface area contributed by atoms with Crippen molar-refractivity contribution in [3.63, 3.8) is 0 Å². The molecule has 6 heteroatoms. The monoisotopic (exact) mass is 409 g/mol. The molecule has 6 nitrogen and oxygen atoms in total. The number of alkyl carbamates (subject to hydrolysis) is 1. The van der Waals surface area contributed by atoms with Crippen LogP contribution in [0.5, 0.6) is 0 Å². The van der Waals surface area contributed by atoms with Crippen molar-refractivity contribution in [3.8, 4) is 11.1 Å². The fraction of sp³-hybridized carbons (Fsp3) is 0.417. The van der Waals surface area contributed by atoms with E-state index in [0.717, 1.165) is 47.9 Å². The first-order valence-electron chi connectivity index (χ1n) is 10.6. The number of hydrogen-bond donors (Lipinski definition) is 2. The summed E-state index contributed by atoms with van der Waals surface area (Å²) in [6, 6.07) is 15.1. The van der Waals surface area contributed by atoms with E-state index in [2.05, 4.69) is 17.4 Å². The van der Waals surface area contributed by atoms with Crippen LogP contribution in [0.3, 0.4) is 0 Å². The van der Waals surface area contributed by atoms with Crippen molar-refractivity contribution in [1.29, 1.82) is 0 Å². The maximum atomic E-state index is 12.3. The van der Waals surface area contributed by atoms with Gasteiger partial charge in [-0.05, 0) is 35.1 Å². The third-order valence-electron chi connectivity index (χ3n) is 6.00. The molecule has 1 saturated carbocycles. The van der Waals surface area contributed by atoms with E-state index in [1.165, 1.54) is 0 Å². The van der Waals surface area contributed by atoms with Gasteiger partial charge in [0.1, 0.15) is 12.6 Å². The highest BCUT2D eigenvalue weighted by Gasteiger charge is 2.29. The van der Waals surface area contributed by atoms with E-state index in [1.807, 2.05) is 36.4 Å². The molecule has 1 fully saturated rings. The van der Waals surface area contributed by atoms with Crippen molar-refractivity contribution in [2.24, 2.45) is 0 Å². The number of hydrogen-bond acceptors (Lipinski definition) is 4. The van der Waals surface area contributed by atoms with Gasteiger partial charge >= 0.3 is 12.1 Å². The molecule has 4 rings (SSSR count). The quantitative estimate of drug-likeness (QED) is 0.678. The lowest BCUT2D eigenvalue weighted by atomic mass is 9.98. The van der Waals surface area contributed by atoms with Crippen LogP contribution < -0.4 is 5.32 Å². The number of benzene rings is 2. The largest absolute Gasteiger partial charge is 0.480 e. The summed E-state index contributed by atoms with van der Waals surface area (Å²) in [6.45, 7) is 0.468. The zero-order valence-corrected chi connectivity index (χ0v) is 16.9. The van der Waals surface area contributed by atoms with E-state index in [1.54, 1.807) is 0 Å². The summed E-state index contributed by atoms with van der Waals surface area (Å²) in [6.07, 6.45) is 4.08. The van der Waals surface area contributed by atoms with E-state index in [-0.39, 0.29) is 25.0 Å². The second-order valence-corrected chi connectivity index (χ2v) is 7.93. The molecule has 0 spiro atoms. The van der Waals surface area contributed by atoms with Crippen LogP contribution in [0.15, 0.2) is 48.5 Å². The number of nitrogens with one attached hydrogen (secondary N) is 1. The second-order valence-electron chi connectivity index (χ2n) is 7.93. The summed E-state index contributed by atoms with van der Waals surface area (Å²) in [5.74, 6) is -1.14. The summed E-state index contributed by atoms with van der Waals surface area (Å²) in [5, 5.41) is 11.9. The first kappa shape index (κ1) is 20.4. The number of amides is 1. The van der Waals surface area contributed by atoms with Gasteiger partial charge in [-0.2, -0.15) is 0 Å². The average molecular weight is 409 g/mol. The number of aliphatic carboxylic acids is 1. The normalized spacial score (nSPS) is 16.7. The van der Waals surface area contributed by atoms with Gasteiger partial charge in [-0.3, -0.25) is 0 Å². The van der Waals surface area contributed by atoms with Crippen LogP contribution >= 0.6 is 0 Å². The van der Waals surface area contributed by atoms with Crippen LogP contribution in [-0.2, 0) is 14.3 Å². The van der Waals surface area contributed by atoms with E-state index in [0.29, 0.717) is 6.61 Å². The molecule has 0 heterocycles. The number of carboxylic acid groups (broad SMARTS) is 1. The van der Waals surface area contributed by atoms with Crippen molar-refractivity contribution in [3.05, 3.63) is 59.7 Å². The molecule has 0 aliphatic heterocycles. The van der Waals surface area contributed by atoms with Gasteiger partial charge in [0.05, 0.1) is 6.10 Å². The zero-order valence-electron chi connectivity index (χ0n) is 16.9. The molecule has 2 aliphatic carbocycles. The lowest BCUT2D eigenvalue weighted by Crippen LogP contribution is -2.42. The number of fused-ring (bicyclic) bond motifs is 3. The first-order chi connectivity index (χ1) is 14.6. The topological polar surface area (TPSA) is 84.9 Å². The van der Waals surface area contributed by atoms with E-state index < -0.39 is 18.1 Å². The van der Waals surface area contributed by atoms with Crippen molar-refractivity contribution in [2.45, 2.75) is 50.2 Å². The lowest BCUT2D eigenvalue weighted by Gasteiger charge is -2.18. The van der Waals surface area contributed by atoms with E-state index in [4.69, 9.17) is 9.47 Å². The molecule has 0 aromatic heterocycles. The van der Waals surface area contributed by atoms with Gasteiger partial charge in [-0.25, -0.2) is 9.59 Å². The second kappa shape index (κ2) is 9.30. The van der Waals surface area contributed by atoms with Crippen molar-refractivity contribution >= 4 is 12.1 Å². The molecular weight excluding hydrogens is 382 g/mol. The molecule has 1 unspecified atom stereocenters. The number of carbonyl (C=O) groups is 2. The third-order valence-corrected chi connectivity index (χ3v) is 6.00. The average Bonchev–Trinajstić information content (AvgIpc) is 3.38. The summed E-state index contributed by atoms with van der Waals surface area (Å²) in [4.78, 5) is 23.8. The minimum atomic E-state index is -1.08. The summed E-state index contributed by atoms with van der Waals surface area (Å²) < 4.78 is 11.2. The van der Waals surface area contributed by atoms with Crippen LogP contribution in [0.1, 0.15) is 49.1 Å². The predicted octanol–water partition coefficient (Wildman–Crippen LogP) is 4.33. The standard InChI is InChI=1S/C24H27NO5/c26-23(27)22(13-14-29-16-7-1-2-8-16)25-24(28)30-15-21-19-11-5-3-9-17(19)18-10-4-6-12-20(18)21/h3-6,9-12,16,21-22H,1-2,7-8,13-15H2,(H,25,28)(H,26,27). The molecular formula is C24H27NO5. The van der Waals surface area contributed by atoms with Crippen LogP contribution in [0, 0.1) is 0 Å². The highest BCUT2D eigenvalue weighted by atomic mass is 16.5. The fourth-order valence-electron chi connectivity index (χ4n) is 4.45. The fourth-order valence-corrected chi connectivity index (χ4v) is 4.45.